The number of hydrogen-bond donors (Lipinski definition) is 0. The Balaban J connectivity index is 2.12. The van der Waals surface area contributed by atoms with Gasteiger partial charge < -0.3 is 4.90 Å². The Bertz CT molecular complexity index is 498. The summed E-state index contributed by atoms with van der Waals surface area (Å²) in [7, 11) is 2.07. The number of thioether (sulfide) groups is 1. The summed E-state index contributed by atoms with van der Waals surface area (Å²) in [6, 6.07) is 0.444. The van der Waals surface area contributed by atoms with Crippen molar-refractivity contribution in [2.45, 2.75) is 26.3 Å². The van der Waals surface area contributed by atoms with E-state index in [1.807, 2.05) is 22.4 Å². The minimum atomic E-state index is 0.444. The van der Waals surface area contributed by atoms with Gasteiger partial charge in [-0.3, -0.25) is 4.40 Å². The Labute approximate surface area is 112 Å². The normalized spacial score (nSPS) is 12.8. The minimum absolute atomic E-state index is 0.444. The molecule has 2 aromatic rings. The predicted molar refractivity (Wildman–Crippen MR) is 76.3 cm³/mol. The minimum Gasteiger partial charge on any atom is -0.354 e. The van der Waals surface area contributed by atoms with Crippen LogP contribution in [0.2, 0.25) is 0 Å². The summed E-state index contributed by atoms with van der Waals surface area (Å²) in [4.78, 5) is 6.60. The summed E-state index contributed by atoms with van der Waals surface area (Å²) >= 11 is 1.97. The van der Waals surface area contributed by atoms with E-state index in [1.165, 1.54) is 11.5 Å². The highest BCUT2D eigenvalue weighted by Gasteiger charge is 2.15. The van der Waals surface area contributed by atoms with Gasteiger partial charge in [0.15, 0.2) is 5.82 Å². The lowest BCUT2D eigenvalue weighted by Gasteiger charge is -2.25. The smallest absolute Gasteiger partial charge is 0.203 e. The molecule has 0 aliphatic heterocycles. The maximum atomic E-state index is 4.42. The first-order valence-electron chi connectivity index (χ1n) is 6.19. The van der Waals surface area contributed by atoms with Crippen LogP contribution in [0.5, 0.6) is 0 Å². The van der Waals surface area contributed by atoms with Gasteiger partial charge in [-0.1, -0.05) is 6.92 Å². The fourth-order valence-electron chi connectivity index (χ4n) is 1.79. The fraction of sp³-hybridized carbons (Fsp3) is 0.583. The molecule has 5 nitrogen and oxygen atoms in total. The second kappa shape index (κ2) is 6.04. The van der Waals surface area contributed by atoms with Crippen LogP contribution in [0.4, 0.5) is 5.82 Å². The van der Waals surface area contributed by atoms with Crippen molar-refractivity contribution < 1.29 is 0 Å². The van der Waals surface area contributed by atoms with E-state index in [4.69, 9.17) is 0 Å². The molecule has 0 saturated heterocycles. The lowest BCUT2D eigenvalue weighted by Crippen LogP contribution is -2.30. The van der Waals surface area contributed by atoms with Gasteiger partial charge >= 0.3 is 0 Å². The third-order valence-corrected chi connectivity index (χ3v) is 4.01. The van der Waals surface area contributed by atoms with Crippen LogP contribution in [0.25, 0.3) is 5.65 Å². The van der Waals surface area contributed by atoms with Gasteiger partial charge in [0, 0.05) is 25.5 Å². The molecule has 0 N–H and O–H groups in total. The second-order valence-corrected chi connectivity index (χ2v) is 5.65. The van der Waals surface area contributed by atoms with Gasteiger partial charge in [-0.05, 0) is 24.9 Å². The molecule has 18 heavy (non-hydrogen) atoms. The third kappa shape index (κ3) is 2.75. The molecule has 0 amide bonds. The van der Waals surface area contributed by atoms with Crippen molar-refractivity contribution in [1.29, 1.82) is 0 Å². The molecule has 0 aromatic carbocycles. The average molecular weight is 265 g/mol. The zero-order chi connectivity index (χ0) is 13.0. The number of anilines is 1. The lowest BCUT2D eigenvalue weighted by atomic mass is 10.2. The second-order valence-electron chi connectivity index (χ2n) is 4.26. The van der Waals surface area contributed by atoms with Crippen LogP contribution in [0.1, 0.15) is 20.3 Å². The van der Waals surface area contributed by atoms with Crippen molar-refractivity contribution in [2.75, 3.05) is 23.5 Å². The van der Waals surface area contributed by atoms with E-state index in [1.54, 1.807) is 12.5 Å². The molecule has 0 aliphatic carbocycles. The molecule has 2 heterocycles. The highest BCUT2D eigenvalue weighted by Crippen LogP contribution is 2.19. The van der Waals surface area contributed by atoms with Crippen LogP contribution in [0.3, 0.4) is 0 Å². The summed E-state index contributed by atoms with van der Waals surface area (Å²) in [5.74, 6) is 3.25. The summed E-state index contributed by atoms with van der Waals surface area (Å²) in [5, 5.41) is 8.04. The largest absolute Gasteiger partial charge is 0.354 e. The number of nitrogens with zero attached hydrogens (tertiary/aromatic N) is 5. The highest BCUT2D eigenvalue weighted by atomic mass is 32.2. The number of rotatable bonds is 6. The van der Waals surface area contributed by atoms with Crippen LogP contribution in [-0.2, 0) is 0 Å². The molecule has 2 rings (SSSR count). The molecule has 1 atom stereocenters. The number of hydrogen-bond acceptors (Lipinski definition) is 5. The van der Waals surface area contributed by atoms with Gasteiger partial charge in [0.2, 0.25) is 5.65 Å². The highest BCUT2D eigenvalue weighted by molar-refractivity contribution is 7.99. The molecular weight excluding hydrogens is 246 g/mol. The van der Waals surface area contributed by atoms with Crippen LogP contribution in [-0.4, -0.2) is 44.2 Å². The molecule has 2 aromatic heterocycles. The third-order valence-electron chi connectivity index (χ3n) is 3.08. The average Bonchev–Trinajstić information content (AvgIpc) is 2.86. The van der Waals surface area contributed by atoms with Gasteiger partial charge in [-0.25, -0.2) is 4.98 Å². The molecule has 98 valence electrons. The quantitative estimate of drug-likeness (QED) is 0.748. The Hall–Kier alpha value is -1.30. The molecule has 0 fully saturated rings. The van der Waals surface area contributed by atoms with E-state index < -0.39 is 0 Å². The topological polar surface area (TPSA) is 46.3 Å². The molecule has 6 heteroatoms. The number of fused-ring (bicyclic) bond motifs is 1. The first kappa shape index (κ1) is 13.1. The van der Waals surface area contributed by atoms with Crippen LogP contribution >= 0.6 is 11.8 Å². The van der Waals surface area contributed by atoms with Gasteiger partial charge in [0.05, 0.1) is 0 Å². The van der Waals surface area contributed by atoms with Crippen LogP contribution in [0.15, 0.2) is 18.7 Å². The number of aromatic nitrogens is 4. The van der Waals surface area contributed by atoms with Crippen LogP contribution in [0, 0.1) is 0 Å². The van der Waals surface area contributed by atoms with E-state index in [9.17, 15) is 0 Å². The first-order valence-corrected chi connectivity index (χ1v) is 7.34. The van der Waals surface area contributed by atoms with Crippen LogP contribution < -0.4 is 4.90 Å². The van der Waals surface area contributed by atoms with E-state index in [-0.39, 0.29) is 0 Å². The van der Waals surface area contributed by atoms with Crippen molar-refractivity contribution in [3.63, 3.8) is 0 Å². The van der Waals surface area contributed by atoms with Crippen molar-refractivity contribution in [3.8, 4) is 0 Å². The van der Waals surface area contributed by atoms with Gasteiger partial charge in [-0.2, -0.15) is 11.8 Å². The van der Waals surface area contributed by atoms with Crippen molar-refractivity contribution >= 4 is 23.2 Å². The molecule has 0 bridgehead atoms. The van der Waals surface area contributed by atoms with Crippen molar-refractivity contribution in [2.24, 2.45) is 0 Å². The molecule has 0 spiro atoms. The molecule has 0 unspecified atom stereocenters. The Morgan fingerprint density at radius 1 is 1.50 bits per heavy atom. The molecular formula is C12H19N5S. The maximum absolute atomic E-state index is 4.42. The zero-order valence-electron chi connectivity index (χ0n) is 11.1. The Morgan fingerprint density at radius 3 is 3.11 bits per heavy atom. The zero-order valence-corrected chi connectivity index (χ0v) is 11.9. The summed E-state index contributed by atoms with van der Waals surface area (Å²) in [6.07, 6.45) is 6.50. The standard InChI is InChI=1S/C12H19N5S/c1-4-18-8-5-10(2)16(3)11-12-15-14-9-17(12)7-6-13-11/h6-7,9-10H,4-5,8H2,1-3H3/t10-/m1/s1. The first-order chi connectivity index (χ1) is 8.74. The van der Waals surface area contributed by atoms with Gasteiger partial charge in [0.1, 0.15) is 6.33 Å². The Kier molecular flexibility index (Phi) is 4.41. The van der Waals surface area contributed by atoms with E-state index >= 15 is 0 Å². The monoisotopic (exact) mass is 265 g/mol. The lowest BCUT2D eigenvalue weighted by molar-refractivity contribution is 0.662. The summed E-state index contributed by atoms with van der Waals surface area (Å²) in [5.41, 5.74) is 0.815. The molecule has 0 radical (unpaired) electrons. The molecule has 0 aliphatic rings. The van der Waals surface area contributed by atoms with Gasteiger partial charge in [0.25, 0.3) is 0 Å². The fourth-order valence-corrected chi connectivity index (χ4v) is 2.59. The predicted octanol–water partition coefficient (Wildman–Crippen LogP) is 2.09. The van der Waals surface area contributed by atoms with Gasteiger partial charge in [-0.15, -0.1) is 10.2 Å². The van der Waals surface area contributed by atoms with Crippen molar-refractivity contribution in [1.82, 2.24) is 19.6 Å². The van der Waals surface area contributed by atoms with E-state index in [0.717, 1.165) is 17.9 Å². The molecule has 0 saturated carbocycles. The van der Waals surface area contributed by atoms with Crippen molar-refractivity contribution in [3.05, 3.63) is 18.7 Å². The van der Waals surface area contributed by atoms with E-state index in [0.29, 0.717) is 6.04 Å². The SMILES string of the molecule is CCSCC[C@@H](C)N(C)c1nccn2cnnc12. The summed E-state index contributed by atoms with van der Waals surface area (Å²) in [6.45, 7) is 4.41. The van der Waals surface area contributed by atoms with E-state index in [2.05, 4.69) is 41.0 Å². The Morgan fingerprint density at radius 2 is 2.33 bits per heavy atom. The maximum Gasteiger partial charge on any atom is 0.203 e. The summed E-state index contributed by atoms with van der Waals surface area (Å²) < 4.78 is 1.90.